The first-order valence-corrected chi connectivity index (χ1v) is 7.86. The van der Waals surface area contributed by atoms with E-state index < -0.39 is 11.7 Å². The molecular formula is C17H16Cl2FNO2. The summed E-state index contributed by atoms with van der Waals surface area (Å²) in [5.41, 5.74) is 0.913. The minimum Gasteiger partial charge on any atom is -0.494 e. The molecule has 1 N–H and O–H groups in total. The lowest BCUT2D eigenvalue weighted by Crippen LogP contribution is -2.27. The van der Waals surface area contributed by atoms with Gasteiger partial charge in [-0.2, -0.15) is 0 Å². The van der Waals surface area contributed by atoms with Crippen molar-refractivity contribution in [2.75, 3.05) is 6.61 Å². The van der Waals surface area contributed by atoms with E-state index in [2.05, 4.69) is 5.32 Å². The van der Waals surface area contributed by atoms with Crippen LogP contribution < -0.4 is 10.1 Å². The van der Waals surface area contributed by atoms with Crippen LogP contribution in [0.15, 0.2) is 36.4 Å². The maximum absolute atomic E-state index is 13.5. The van der Waals surface area contributed by atoms with Crippen LogP contribution in [0.5, 0.6) is 5.75 Å². The molecule has 0 bridgehead atoms. The number of amides is 1. The lowest BCUT2D eigenvalue weighted by Gasteiger charge is -2.16. The smallest absolute Gasteiger partial charge is 0.253 e. The summed E-state index contributed by atoms with van der Waals surface area (Å²) in [6.45, 7) is 4.28. The number of halogens is 3. The number of carbonyl (C=O) groups excluding carboxylic acids is 1. The molecule has 0 aliphatic rings. The average Bonchev–Trinajstić information content (AvgIpc) is 2.51. The van der Waals surface area contributed by atoms with Crippen molar-refractivity contribution in [2.24, 2.45) is 0 Å². The molecule has 0 spiro atoms. The van der Waals surface area contributed by atoms with Crippen molar-refractivity contribution in [2.45, 2.75) is 19.9 Å². The summed E-state index contributed by atoms with van der Waals surface area (Å²) in [6, 6.07) is 9.36. The monoisotopic (exact) mass is 355 g/mol. The van der Waals surface area contributed by atoms with Crippen LogP contribution in [0, 0.1) is 5.82 Å². The summed E-state index contributed by atoms with van der Waals surface area (Å²) in [7, 11) is 0. The predicted octanol–water partition coefficient (Wildman–Crippen LogP) is 5.02. The van der Waals surface area contributed by atoms with Gasteiger partial charge in [-0.05, 0) is 43.7 Å². The summed E-state index contributed by atoms with van der Waals surface area (Å²) < 4.78 is 19.0. The second kappa shape index (κ2) is 7.66. The Morgan fingerprint density at radius 2 is 2.00 bits per heavy atom. The quantitative estimate of drug-likeness (QED) is 0.764. The molecule has 0 aromatic heterocycles. The first-order valence-electron chi connectivity index (χ1n) is 7.10. The van der Waals surface area contributed by atoms with Crippen LogP contribution in [0.4, 0.5) is 4.39 Å². The number of nitrogens with one attached hydrogen (secondary N) is 1. The Balaban J connectivity index is 2.16. The Morgan fingerprint density at radius 3 is 2.70 bits per heavy atom. The lowest BCUT2D eigenvalue weighted by atomic mass is 10.1. The van der Waals surface area contributed by atoms with Crippen molar-refractivity contribution in [1.29, 1.82) is 0 Å². The molecular weight excluding hydrogens is 340 g/mol. The van der Waals surface area contributed by atoms with E-state index in [1.165, 1.54) is 6.07 Å². The molecule has 122 valence electrons. The highest BCUT2D eigenvalue weighted by Crippen LogP contribution is 2.25. The molecule has 2 aromatic rings. The summed E-state index contributed by atoms with van der Waals surface area (Å²) in [6.07, 6.45) is 0. The summed E-state index contributed by atoms with van der Waals surface area (Å²) in [5, 5.41) is 2.76. The van der Waals surface area contributed by atoms with Gasteiger partial charge in [0.15, 0.2) is 0 Å². The number of carbonyl (C=O) groups is 1. The fraction of sp³-hybridized carbons (Fsp3) is 0.235. The molecule has 0 aliphatic carbocycles. The molecule has 3 nitrogen and oxygen atoms in total. The second-order valence-corrected chi connectivity index (χ2v) is 5.76. The SMILES string of the molecule is CCOc1cccc(C(C)NC(=O)c2cc(F)c(Cl)cc2Cl)c1. The molecule has 6 heteroatoms. The van der Waals surface area contributed by atoms with E-state index in [9.17, 15) is 9.18 Å². The average molecular weight is 356 g/mol. The number of ether oxygens (including phenoxy) is 1. The van der Waals surface area contributed by atoms with Gasteiger partial charge in [-0.1, -0.05) is 35.3 Å². The van der Waals surface area contributed by atoms with Gasteiger partial charge in [-0.25, -0.2) is 4.39 Å². The molecule has 0 heterocycles. The van der Waals surface area contributed by atoms with E-state index in [-0.39, 0.29) is 21.7 Å². The van der Waals surface area contributed by atoms with E-state index in [4.69, 9.17) is 27.9 Å². The van der Waals surface area contributed by atoms with Crippen LogP contribution in [0.25, 0.3) is 0 Å². The van der Waals surface area contributed by atoms with Crippen molar-refractivity contribution in [3.8, 4) is 5.75 Å². The van der Waals surface area contributed by atoms with Crippen molar-refractivity contribution >= 4 is 29.1 Å². The van der Waals surface area contributed by atoms with Crippen LogP contribution in [0.3, 0.4) is 0 Å². The Kier molecular flexibility index (Phi) is 5.85. The van der Waals surface area contributed by atoms with Gasteiger partial charge in [0.1, 0.15) is 11.6 Å². The van der Waals surface area contributed by atoms with Gasteiger partial charge < -0.3 is 10.1 Å². The number of hydrogen-bond donors (Lipinski definition) is 1. The highest BCUT2D eigenvalue weighted by molar-refractivity contribution is 6.36. The lowest BCUT2D eigenvalue weighted by molar-refractivity contribution is 0.0939. The third-order valence-electron chi connectivity index (χ3n) is 3.27. The molecule has 1 amide bonds. The maximum atomic E-state index is 13.5. The van der Waals surface area contributed by atoms with E-state index in [1.807, 2.05) is 38.1 Å². The summed E-state index contributed by atoms with van der Waals surface area (Å²) >= 11 is 11.6. The van der Waals surface area contributed by atoms with Gasteiger partial charge in [0, 0.05) is 0 Å². The summed E-state index contributed by atoms with van der Waals surface area (Å²) in [4.78, 5) is 12.3. The van der Waals surface area contributed by atoms with Crippen molar-refractivity contribution < 1.29 is 13.9 Å². The topological polar surface area (TPSA) is 38.3 Å². The molecule has 2 rings (SSSR count). The Hall–Kier alpha value is -1.78. The summed E-state index contributed by atoms with van der Waals surface area (Å²) in [5.74, 6) is -0.436. The van der Waals surface area contributed by atoms with Gasteiger partial charge in [-0.3, -0.25) is 4.79 Å². The number of hydrogen-bond acceptors (Lipinski definition) is 2. The molecule has 23 heavy (non-hydrogen) atoms. The zero-order chi connectivity index (χ0) is 17.0. The third-order valence-corrected chi connectivity index (χ3v) is 3.87. The van der Waals surface area contributed by atoms with Crippen LogP contribution in [0.2, 0.25) is 10.0 Å². The first-order chi connectivity index (χ1) is 10.9. The number of rotatable bonds is 5. The molecule has 1 atom stereocenters. The molecule has 1 unspecified atom stereocenters. The van der Waals surface area contributed by atoms with Gasteiger partial charge >= 0.3 is 0 Å². The third kappa shape index (κ3) is 4.36. The maximum Gasteiger partial charge on any atom is 0.253 e. The highest BCUT2D eigenvalue weighted by Gasteiger charge is 2.17. The van der Waals surface area contributed by atoms with Crippen molar-refractivity contribution in [3.63, 3.8) is 0 Å². The molecule has 0 saturated heterocycles. The minimum absolute atomic E-state index is 0.0429. The van der Waals surface area contributed by atoms with Gasteiger partial charge in [0.05, 0.1) is 28.3 Å². The molecule has 0 fully saturated rings. The predicted molar refractivity (Wildman–Crippen MR) is 89.9 cm³/mol. The van der Waals surface area contributed by atoms with E-state index in [0.29, 0.717) is 6.61 Å². The zero-order valence-electron chi connectivity index (χ0n) is 12.7. The molecule has 2 aromatic carbocycles. The largest absolute Gasteiger partial charge is 0.494 e. The molecule has 0 radical (unpaired) electrons. The van der Waals surface area contributed by atoms with Crippen LogP contribution in [0.1, 0.15) is 35.8 Å². The fourth-order valence-electron chi connectivity index (χ4n) is 2.09. The fourth-order valence-corrected chi connectivity index (χ4v) is 2.56. The van der Waals surface area contributed by atoms with Crippen LogP contribution in [-0.2, 0) is 0 Å². The highest BCUT2D eigenvalue weighted by atomic mass is 35.5. The van der Waals surface area contributed by atoms with Crippen molar-refractivity contribution in [3.05, 3.63) is 63.4 Å². The van der Waals surface area contributed by atoms with Gasteiger partial charge in [0.2, 0.25) is 0 Å². The van der Waals surface area contributed by atoms with Crippen LogP contribution in [-0.4, -0.2) is 12.5 Å². The zero-order valence-corrected chi connectivity index (χ0v) is 14.2. The normalized spacial score (nSPS) is 11.9. The Bertz CT molecular complexity index is 722. The standard InChI is InChI=1S/C17H16Cl2FNO2/c1-3-23-12-6-4-5-11(7-12)10(2)21-17(22)13-8-16(20)15(19)9-14(13)18/h4-10H,3H2,1-2H3,(H,21,22). The van der Waals surface area contributed by atoms with Gasteiger partial charge in [0.25, 0.3) is 5.91 Å². The molecule has 0 aliphatic heterocycles. The molecule has 0 saturated carbocycles. The second-order valence-electron chi connectivity index (χ2n) is 4.95. The Morgan fingerprint density at radius 1 is 1.26 bits per heavy atom. The Labute approximate surface area is 144 Å². The first kappa shape index (κ1) is 17.6. The minimum atomic E-state index is -0.688. The number of benzene rings is 2. The van der Waals surface area contributed by atoms with Gasteiger partial charge in [-0.15, -0.1) is 0 Å². The van der Waals surface area contributed by atoms with Crippen LogP contribution >= 0.6 is 23.2 Å². The van der Waals surface area contributed by atoms with E-state index in [0.717, 1.165) is 17.4 Å². The van der Waals surface area contributed by atoms with E-state index >= 15 is 0 Å². The van der Waals surface area contributed by atoms with Crippen molar-refractivity contribution in [1.82, 2.24) is 5.32 Å². The van der Waals surface area contributed by atoms with E-state index in [1.54, 1.807) is 0 Å².